The third-order valence-electron chi connectivity index (χ3n) is 6.12. The summed E-state index contributed by atoms with van der Waals surface area (Å²) in [7, 11) is 0. The second-order valence-electron chi connectivity index (χ2n) is 8.18. The molecular weight excluding hydrogens is 422 g/mol. The first-order chi connectivity index (χ1) is 15.8. The lowest BCUT2D eigenvalue weighted by molar-refractivity contribution is -0.190. The van der Waals surface area contributed by atoms with Gasteiger partial charge in [0.25, 0.3) is 5.91 Å². The lowest BCUT2D eigenvalue weighted by Crippen LogP contribution is -2.63. The quantitative estimate of drug-likeness (QED) is 0.370. The molecule has 0 bridgehead atoms. The molecule has 1 unspecified atom stereocenters. The van der Waals surface area contributed by atoms with Gasteiger partial charge in [-0.2, -0.15) is 5.26 Å². The number of hydrogen-bond acceptors (Lipinski definition) is 7. The molecule has 1 amide bonds. The van der Waals surface area contributed by atoms with E-state index in [9.17, 15) is 25.4 Å². The fourth-order valence-electron chi connectivity index (χ4n) is 4.18. The van der Waals surface area contributed by atoms with Crippen LogP contribution in [-0.4, -0.2) is 71.4 Å². The van der Waals surface area contributed by atoms with Crippen LogP contribution >= 0.6 is 0 Å². The van der Waals surface area contributed by atoms with Crippen LogP contribution in [0.25, 0.3) is 16.8 Å². The van der Waals surface area contributed by atoms with E-state index in [0.29, 0.717) is 5.56 Å². The number of hydrogen-bond donors (Lipinski definition) is 4. The van der Waals surface area contributed by atoms with E-state index in [1.807, 2.05) is 30.3 Å². The number of ether oxygens (including phenoxy) is 1. The summed E-state index contributed by atoms with van der Waals surface area (Å²) in [4.78, 5) is 15.0. The van der Waals surface area contributed by atoms with Crippen molar-refractivity contribution < 1.29 is 24.9 Å². The monoisotopic (exact) mass is 453 g/mol. The van der Waals surface area contributed by atoms with Crippen molar-refractivity contribution in [3.05, 3.63) is 47.5 Å². The Balaban J connectivity index is 1.80. The first-order valence-electron chi connectivity index (χ1n) is 11.2. The molecule has 4 N–H and O–H groups in total. The normalized spacial score (nSPS) is 25.5. The average Bonchev–Trinajstić information content (AvgIpc) is 2.83. The van der Waals surface area contributed by atoms with Gasteiger partial charge in [-0.15, -0.1) is 0 Å². The summed E-state index contributed by atoms with van der Waals surface area (Å²) in [6, 6.07) is 12.9. The lowest BCUT2D eigenvalue weighted by atomic mass is 9.93. The Hall–Kier alpha value is -2.96. The highest BCUT2D eigenvalue weighted by Crippen LogP contribution is 2.25. The van der Waals surface area contributed by atoms with Gasteiger partial charge >= 0.3 is 0 Å². The number of nitriles is 1. The summed E-state index contributed by atoms with van der Waals surface area (Å²) in [5.74, 6) is -0.677. The van der Waals surface area contributed by atoms with Crippen molar-refractivity contribution in [2.75, 3.05) is 24.6 Å². The highest BCUT2D eigenvalue weighted by Gasteiger charge is 2.43. The molecule has 0 aromatic heterocycles. The number of amides is 1. The maximum atomic E-state index is 12.7. The molecule has 5 atom stereocenters. The van der Waals surface area contributed by atoms with Crippen LogP contribution in [0.3, 0.4) is 0 Å². The van der Waals surface area contributed by atoms with Gasteiger partial charge in [-0.05, 0) is 61.4 Å². The van der Waals surface area contributed by atoms with Gasteiger partial charge in [-0.1, -0.05) is 18.2 Å². The molecule has 8 nitrogen and oxygen atoms in total. The Morgan fingerprint density at radius 1 is 1.15 bits per heavy atom. The van der Waals surface area contributed by atoms with Crippen molar-refractivity contribution in [3.8, 4) is 6.07 Å². The van der Waals surface area contributed by atoms with E-state index >= 15 is 0 Å². The number of carbonyl (C=O) groups excluding carboxylic acids is 1. The second-order valence-corrected chi connectivity index (χ2v) is 8.18. The van der Waals surface area contributed by atoms with Gasteiger partial charge in [0.1, 0.15) is 30.0 Å². The first-order valence-corrected chi connectivity index (χ1v) is 11.2. The van der Waals surface area contributed by atoms with E-state index in [0.717, 1.165) is 29.5 Å². The summed E-state index contributed by atoms with van der Waals surface area (Å²) in [6.07, 6.45) is -2.80. The zero-order valence-corrected chi connectivity index (χ0v) is 19.1. The van der Waals surface area contributed by atoms with Gasteiger partial charge in [0.05, 0.1) is 18.8 Å². The standard InChI is InChI=1S/C25H31N3O5/c1-4-28(5-2)20-9-8-17-10-16(6-7-18(17)12-20)11-19(13-26)25(32)27-22-15(3)33-21(14-29)23(30)24(22)31/h6-12,15,21-24,29-31H,4-5,14H2,1-3H3,(H,27,32)/b19-11+/t15?,21-,22+,23-,24-/m1/s1. The van der Waals surface area contributed by atoms with Crippen LogP contribution in [-0.2, 0) is 9.53 Å². The minimum absolute atomic E-state index is 0.132. The van der Waals surface area contributed by atoms with Gasteiger partial charge in [0.15, 0.2) is 0 Å². The third kappa shape index (κ3) is 5.34. The van der Waals surface area contributed by atoms with Crippen molar-refractivity contribution in [1.82, 2.24) is 5.32 Å². The first kappa shape index (κ1) is 24.7. The molecule has 33 heavy (non-hydrogen) atoms. The maximum absolute atomic E-state index is 12.7. The summed E-state index contributed by atoms with van der Waals surface area (Å²) in [6.45, 7) is 7.22. The zero-order chi connectivity index (χ0) is 24.1. The van der Waals surface area contributed by atoms with Crippen LogP contribution in [0.2, 0.25) is 0 Å². The van der Waals surface area contributed by atoms with Gasteiger partial charge in [-0.3, -0.25) is 4.79 Å². The molecule has 1 saturated heterocycles. The van der Waals surface area contributed by atoms with E-state index < -0.39 is 43.0 Å². The summed E-state index contributed by atoms with van der Waals surface area (Å²) >= 11 is 0. The average molecular weight is 454 g/mol. The SMILES string of the molecule is CCN(CC)c1ccc2cc(/C=C(\C#N)C(=O)N[C@H]3C(C)O[C@H](CO)[C@@H](O)[C@@H]3O)ccc2c1. The van der Waals surface area contributed by atoms with Crippen LogP contribution in [0.4, 0.5) is 5.69 Å². The number of nitrogens with zero attached hydrogens (tertiary/aromatic N) is 2. The number of carbonyl (C=O) groups is 1. The topological polar surface area (TPSA) is 126 Å². The number of aliphatic hydroxyl groups excluding tert-OH is 3. The van der Waals surface area contributed by atoms with E-state index in [1.165, 1.54) is 6.08 Å². The van der Waals surface area contributed by atoms with Crippen molar-refractivity contribution >= 4 is 28.4 Å². The smallest absolute Gasteiger partial charge is 0.262 e. The number of anilines is 1. The summed E-state index contributed by atoms with van der Waals surface area (Å²) in [5.41, 5.74) is 1.70. The molecular formula is C25H31N3O5. The Labute approximate surface area is 193 Å². The molecule has 3 rings (SSSR count). The molecule has 2 aromatic carbocycles. The van der Waals surface area contributed by atoms with Crippen molar-refractivity contribution in [1.29, 1.82) is 5.26 Å². The van der Waals surface area contributed by atoms with Crippen LogP contribution in [0.5, 0.6) is 0 Å². The van der Waals surface area contributed by atoms with Crippen molar-refractivity contribution in [2.24, 2.45) is 0 Å². The predicted molar refractivity (Wildman–Crippen MR) is 126 cm³/mol. The Morgan fingerprint density at radius 2 is 1.82 bits per heavy atom. The predicted octanol–water partition coefficient (Wildman–Crippen LogP) is 1.58. The number of fused-ring (bicyclic) bond motifs is 1. The number of rotatable bonds is 7. The molecule has 0 aliphatic carbocycles. The Kier molecular flexibility index (Phi) is 8.06. The van der Waals surface area contributed by atoms with E-state index in [-0.39, 0.29) is 5.57 Å². The maximum Gasteiger partial charge on any atom is 0.262 e. The number of nitrogens with one attached hydrogen (secondary N) is 1. The minimum Gasteiger partial charge on any atom is -0.394 e. The van der Waals surface area contributed by atoms with E-state index in [4.69, 9.17) is 4.74 Å². The molecule has 1 aliphatic rings. The van der Waals surface area contributed by atoms with E-state index in [1.54, 1.807) is 6.92 Å². The Morgan fingerprint density at radius 3 is 2.45 bits per heavy atom. The molecule has 176 valence electrons. The second kappa shape index (κ2) is 10.8. The van der Waals surface area contributed by atoms with Crippen LogP contribution in [0.1, 0.15) is 26.3 Å². The number of benzene rings is 2. The lowest BCUT2D eigenvalue weighted by Gasteiger charge is -2.41. The van der Waals surface area contributed by atoms with E-state index in [2.05, 4.69) is 36.2 Å². The summed E-state index contributed by atoms with van der Waals surface area (Å²) < 4.78 is 5.47. The largest absolute Gasteiger partial charge is 0.394 e. The molecule has 1 fully saturated rings. The van der Waals surface area contributed by atoms with Gasteiger partial charge < -0.3 is 30.3 Å². The van der Waals surface area contributed by atoms with Crippen LogP contribution < -0.4 is 10.2 Å². The van der Waals surface area contributed by atoms with Gasteiger partial charge in [0, 0.05) is 18.8 Å². The van der Waals surface area contributed by atoms with Gasteiger partial charge in [0.2, 0.25) is 0 Å². The van der Waals surface area contributed by atoms with Crippen molar-refractivity contribution in [3.63, 3.8) is 0 Å². The summed E-state index contributed by atoms with van der Waals surface area (Å²) in [5, 5.41) is 43.9. The Bertz CT molecular complexity index is 1060. The fourth-order valence-corrected chi connectivity index (χ4v) is 4.18. The van der Waals surface area contributed by atoms with Crippen LogP contribution in [0.15, 0.2) is 42.0 Å². The molecule has 1 heterocycles. The third-order valence-corrected chi connectivity index (χ3v) is 6.12. The minimum atomic E-state index is -1.35. The number of aliphatic hydroxyl groups is 3. The molecule has 0 saturated carbocycles. The zero-order valence-electron chi connectivity index (χ0n) is 19.1. The molecule has 2 aromatic rings. The molecule has 8 heteroatoms. The highest BCUT2D eigenvalue weighted by molar-refractivity contribution is 6.02. The van der Waals surface area contributed by atoms with Crippen molar-refractivity contribution in [2.45, 2.75) is 51.2 Å². The molecule has 0 radical (unpaired) electrons. The highest BCUT2D eigenvalue weighted by atomic mass is 16.5. The molecule has 1 aliphatic heterocycles. The van der Waals surface area contributed by atoms with Crippen LogP contribution in [0, 0.1) is 11.3 Å². The fraction of sp³-hybridized carbons (Fsp3) is 0.440. The molecule has 0 spiro atoms. The van der Waals surface area contributed by atoms with Gasteiger partial charge in [-0.25, -0.2) is 0 Å².